The van der Waals surface area contributed by atoms with Gasteiger partial charge in [-0.25, -0.2) is 15.0 Å². The number of benzene rings is 1. The van der Waals surface area contributed by atoms with Crippen molar-refractivity contribution in [1.29, 1.82) is 0 Å². The highest BCUT2D eigenvalue weighted by Gasteiger charge is 2.38. The molecule has 1 aromatic rings. The van der Waals surface area contributed by atoms with Crippen LogP contribution >= 0.6 is 0 Å². The molecule has 17 heavy (non-hydrogen) atoms. The lowest BCUT2D eigenvalue weighted by Gasteiger charge is -2.29. The molecule has 0 aliphatic heterocycles. The van der Waals surface area contributed by atoms with E-state index < -0.39 is 9.84 Å². The fourth-order valence-electron chi connectivity index (χ4n) is 2.67. The molecule has 0 unspecified atom stereocenters. The standard InChI is InChI=1S/C14H13O2S/c1-10-11-7-8-12(9-11)14(10)17(15,16)13-5-3-2-4-6-13/h2-8,11-12H,1,9H2/q-1/t11-,12+/m1/s1. The summed E-state index contributed by atoms with van der Waals surface area (Å²) in [6.45, 7) is 3.94. The summed E-state index contributed by atoms with van der Waals surface area (Å²) in [6.07, 6.45) is 4.94. The molecular formula is C14H13O2S-. The molecule has 0 aromatic heterocycles. The van der Waals surface area contributed by atoms with Gasteiger partial charge in [-0.2, -0.15) is 5.57 Å². The Morgan fingerprint density at radius 3 is 2.47 bits per heavy atom. The number of hydrogen-bond acceptors (Lipinski definition) is 2. The molecule has 0 N–H and O–H groups in total. The van der Waals surface area contributed by atoms with Gasteiger partial charge in [0.25, 0.3) is 0 Å². The molecular weight excluding hydrogens is 232 g/mol. The van der Waals surface area contributed by atoms with E-state index in [1.165, 1.54) is 0 Å². The minimum absolute atomic E-state index is 0.0395. The van der Waals surface area contributed by atoms with Crippen LogP contribution in [0.3, 0.4) is 0 Å². The number of allylic oxidation sites excluding steroid dienone is 2. The van der Waals surface area contributed by atoms with Gasteiger partial charge in [-0.15, -0.1) is 0 Å². The fraction of sp³-hybridized carbons (Fsp3) is 0.214. The third-order valence-corrected chi connectivity index (χ3v) is 5.56. The van der Waals surface area contributed by atoms with Crippen LogP contribution in [-0.4, -0.2) is 8.42 Å². The van der Waals surface area contributed by atoms with Gasteiger partial charge in [0, 0.05) is 0 Å². The second-order valence-electron chi connectivity index (χ2n) is 4.54. The van der Waals surface area contributed by atoms with Gasteiger partial charge in [0.1, 0.15) is 9.84 Å². The van der Waals surface area contributed by atoms with Crippen LogP contribution in [-0.2, 0) is 9.84 Å². The van der Waals surface area contributed by atoms with Crippen LogP contribution in [0.2, 0.25) is 0 Å². The zero-order valence-corrected chi connectivity index (χ0v) is 10.2. The highest BCUT2D eigenvalue weighted by atomic mass is 32.2. The molecule has 1 saturated carbocycles. The van der Waals surface area contributed by atoms with E-state index in [0.717, 1.165) is 12.0 Å². The maximum absolute atomic E-state index is 12.5. The Hall–Kier alpha value is -1.48. The molecule has 0 heterocycles. The van der Waals surface area contributed by atoms with Gasteiger partial charge in [-0.3, -0.25) is 0 Å². The summed E-state index contributed by atoms with van der Waals surface area (Å²) >= 11 is 0. The molecule has 2 aliphatic rings. The van der Waals surface area contributed by atoms with E-state index in [-0.39, 0.29) is 11.8 Å². The summed E-state index contributed by atoms with van der Waals surface area (Å²) < 4.78 is 25.0. The SMILES string of the molecule is C=C1[C-](S(=O)(=O)c2ccccc2)[C@H]2C=C[C@@H]1C2. The van der Waals surface area contributed by atoms with Crippen molar-refractivity contribution in [3.05, 3.63) is 59.9 Å². The summed E-state index contributed by atoms with van der Waals surface area (Å²) in [4.78, 5) is 0.372. The van der Waals surface area contributed by atoms with Crippen molar-refractivity contribution in [2.45, 2.75) is 11.3 Å². The van der Waals surface area contributed by atoms with Gasteiger partial charge < -0.3 is 0 Å². The van der Waals surface area contributed by atoms with E-state index in [9.17, 15) is 8.42 Å². The van der Waals surface area contributed by atoms with E-state index in [1.54, 1.807) is 24.3 Å². The van der Waals surface area contributed by atoms with Gasteiger partial charge in [-0.05, 0) is 18.1 Å². The Morgan fingerprint density at radius 1 is 1.18 bits per heavy atom. The molecule has 0 spiro atoms. The lowest BCUT2D eigenvalue weighted by molar-refractivity contribution is 0.591. The molecule has 0 saturated heterocycles. The number of fused-ring (bicyclic) bond motifs is 2. The van der Waals surface area contributed by atoms with E-state index >= 15 is 0 Å². The first-order valence-electron chi connectivity index (χ1n) is 5.65. The van der Waals surface area contributed by atoms with Crippen LogP contribution in [0.15, 0.2) is 59.5 Å². The van der Waals surface area contributed by atoms with Crippen molar-refractivity contribution in [1.82, 2.24) is 0 Å². The minimum atomic E-state index is -3.35. The molecule has 88 valence electrons. The van der Waals surface area contributed by atoms with Crippen molar-refractivity contribution in [2.24, 2.45) is 11.8 Å². The maximum Gasteiger partial charge on any atom is 0.136 e. The van der Waals surface area contributed by atoms with Gasteiger partial charge >= 0.3 is 0 Å². The maximum atomic E-state index is 12.5. The van der Waals surface area contributed by atoms with Gasteiger partial charge in [0.05, 0.1) is 4.90 Å². The first-order valence-corrected chi connectivity index (χ1v) is 7.13. The zero-order chi connectivity index (χ0) is 12.0. The zero-order valence-electron chi connectivity index (χ0n) is 9.34. The number of sulfone groups is 1. The van der Waals surface area contributed by atoms with Crippen molar-refractivity contribution in [2.75, 3.05) is 0 Å². The smallest absolute Gasteiger partial charge is 0.136 e. The summed E-state index contributed by atoms with van der Waals surface area (Å²) in [7, 11) is -3.35. The second-order valence-corrected chi connectivity index (χ2v) is 6.46. The average Bonchev–Trinajstić information content (AvgIpc) is 2.90. The van der Waals surface area contributed by atoms with Crippen molar-refractivity contribution >= 4 is 9.84 Å². The van der Waals surface area contributed by atoms with E-state index in [1.807, 2.05) is 12.1 Å². The Balaban J connectivity index is 2.06. The highest BCUT2D eigenvalue weighted by Crippen LogP contribution is 2.52. The predicted molar refractivity (Wildman–Crippen MR) is 66.7 cm³/mol. The van der Waals surface area contributed by atoms with Gasteiger partial charge in [0.2, 0.25) is 0 Å². The molecule has 2 aliphatic carbocycles. The van der Waals surface area contributed by atoms with Crippen LogP contribution in [0.4, 0.5) is 0 Å². The van der Waals surface area contributed by atoms with Gasteiger partial charge in [0.15, 0.2) is 0 Å². The molecule has 2 nitrogen and oxygen atoms in total. The Bertz CT molecular complexity index is 584. The first-order chi connectivity index (χ1) is 8.10. The van der Waals surface area contributed by atoms with E-state index in [2.05, 4.69) is 12.7 Å². The summed E-state index contributed by atoms with van der Waals surface area (Å²) in [5.74, 6) is 0.270. The molecule has 2 bridgehead atoms. The first kappa shape index (κ1) is 10.7. The summed E-state index contributed by atoms with van der Waals surface area (Å²) in [5.41, 5.74) is 0.779. The third-order valence-electron chi connectivity index (χ3n) is 3.53. The monoisotopic (exact) mass is 245 g/mol. The van der Waals surface area contributed by atoms with Crippen LogP contribution < -0.4 is 0 Å². The van der Waals surface area contributed by atoms with Crippen molar-refractivity contribution in [3.63, 3.8) is 0 Å². The van der Waals surface area contributed by atoms with Crippen molar-refractivity contribution < 1.29 is 8.42 Å². The van der Waals surface area contributed by atoms with Crippen molar-refractivity contribution in [3.8, 4) is 0 Å². The molecule has 3 heteroatoms. The lowest BCUT2D eigenvalue weighted by atomic mass is 10.0. The third kappa shape index (κ3) is 1.46. The largest absolute Gasteiger partial charge is 0.240 e. The van der Waals surface area contributed by atoms with E-state index in [4.69, 9.17) is 0 Å². The molecule has 0 radical (unpaired) electrons. The molecule has 2 atom stereocenters. The normalized spacial score (nSPS) is 26.8. The van der Waals surface area contributed by atoms with Crippen LogP contribution in [0, 0.1) is 17.1 Å². The number of rotatable bonds is 2. The molecule has 1 aromatic carbocycles. The summed E-state index contributed by atoms with van der Waals surface area (Å²) in [5, 5.41) is 0.524. The van der Waals surface area contributed by atoms with Crippen LogP contribution in [0.5, 0.6) is 0 Å². The van der Waals surface area contributed by atoms with Gasteiger partial charge in [-0.1, -0.05) is 47.9 Å². The highest BCUT2D eigenvalue weighted by molar-refractivity contribution is 7.94. The summed E-state index contributed by atoms with van der Waals surface area (Å²) in [6, 6.07) is 8.61. The molecule has 3 rings (SSSR count). The number of hydrogen-bond donors (Lipinski definition) is 0. The molecule has 1 fully saturated rings. The topological polar surface area (TPSA) is 34.1 Å². The fourth-order valence-corrected chi connectivity index (χ4v) is 4.51. The Morgan fingerprint density at radius 2 is 1.88 bits per heavy atom. The van der Waals surface area contributed by atoms with E-state index in [0.29, 0.717) is 10.1 Å². The Kier molecular flexibility index (Phi) is 2.20. The second kappa shape index (κ2) is 3.50. The quantitative estimate of drug-likeness (QED) is 0.593. The van der Waals surface area contributed by atoms with Crippen LogP contribution in [0.25, 0.3) is 0 Å². The Labute approximate surface area is 102 Å². The van der Waals surface area contributed by atoms with Crippen LogP contribution in [0.1, 0.15) is 6.42 Å². The average molecular weight is 245 g/mol. The predicted octanol–water partition coefficient (Wildman–Crippen LogP) is 2.75. The molecule has 0 amide bonds. The minimum Gasteiger partial charge on any atom is -0.240 e. The lowest BCUT2D eigenvalue weighted by Crippen LogP contribution is -2.19.